The van der Waals surface area contributed by atoms with Crippen LogP contribution in [0.4, 0.5) is 17.7 Å². The lowest BCUT2D eigenvalue weighted by atomic mass is 9.98. The lowest BCUT2D eigenvalue weighted by Crippen LogP contribution is -2.46. The molecular formula is C36H51N16O24P4+. The Labute approximate surface area is 445 Å². The van der Waals surface area contributed by atoms with E-state index in [1.807, 2.05) is 0 Å². The summed E-state index contributed by atoms with van der Waals surface area (Å²) in [6, 6.07) is 0. The molecule has 438 valence electrons. The van der Waals surface area contributed by atoms with Crippen LogP contribution in [0.3, 0.4) is 0 Å². The molecule has 4 unspecified atom stereocenters. The number of phosphoric acid groups is 4. The number of nitrogens with zero attached hydrogens (tertiary/aromatic N) is 10. The number of aryl methyl sites for hydroxylation is 1. The van der Waals surface area contributed by atoms with Gasteiger partial charge in [0, 0.05) is 26.0 Å². The number of aromatic nitrogens is 12. The first kappa shape index (κ1) is 59.0. The minimum absolute atomic E-state index is 0.000252. The Hall–Kier alpha value is -5.64. The van der Waals surface area contributed by atoms with Crippen molar-refractivity contribution >= 4 is 88.4 Å². The van der Waals surface area contributed by atoms with Gasteiger partial charge in [-0.3, -0.25) is 56.1 Å². The summed E-state index contributed by atoms with van der Waals surface area (Å²) < 4.78 is 111. The lowest BCUT2D eigenvalue weighted by molar-refractivity contribution is -0.745. The van der Waals surface area contributed by atoms with Gasteiger partial charge in [-0.2, -0.15) is 13.6 Å². The number of carbonyl (C=O) groups is 1. The molecule has 16 atom stereocenters. The number of H-pyrrole nitrogens is 2. The highest BCUT2D eigenvalue weighted by Crippen LogP contribution is 2.68. The molecule has 80 heavy (non-hydrogen) atoms. The van der Waals surface area contributed by atoms with Gasteiger partial charge in [-0.1, -0.05) is 11.9 Å². The molecule has 0 radical (unpaired) electrons. The summed E-state index contributed by atoms with van der Waals surface area (Å²) in [5, 5.41) is 35.8. The first-order valence-corrected chi connectivity index (χ1v) is 29.2. The Morgan fingerprint density at radius 1 is 0.738 bits per heavy atom. The van der Waals surface area contributed by atoms with Crippen LogP contribution in [-0.4, -0.2) is 177 Å². The second-order valence-corrected chi connectivity index (χ2v) is 23.8. The van der Waals surface area contributed by atoms with Crippen molar-refractivity contribution in [3.05, 3.63) is 46.0 Å². The maximum atomic E-state index is 13.7. The number of aromatic amines is 2. The molecule has 0 spiro atoms. The summed E-state index contributed by atoms with van der Waals surface area (Å²) >= 11 is 0. The standard InChI is InChI=1S/C36H50N16O24P4/c1-4-17(53)40-5-13-14(71-32(21(13)54)52-12-49(2)20-29(52)46-36(39)48-31(20)58)6-69-78(61,62)75-80(65,66)76-79(63,64)70-8-16-24(25(67-3)34(73-16)50-10-43-18-26(37)41-9-42-27(18)50)74-77(59,60)68-7-15-22(55)23(56)33(72-15)51-11-44-19-28(51)45-35(38)47-30(19)57/h9-16,21-25,32-34,54-56H,4-8H2,1-3H3,(H12-,37,38,39,40,41,42,45,46,47,48,53,57,58,59,60,61,62,63,64,65,66)/p+1/t13-,14-,15-,16-,21-,22-,23-,24-,25-,32-,33-,34-/m1/s1. The molecule has 1 amide bonds. The third kappa shape index (κ3) is 12.1. The molecule has 9 heterocycles. The fraction of sp³-hybridized carbons (Fsp3) is 0.556. The maximum absolute atomic E-state index is 13.7. The number of methoxy groups -OCH3 is 1. The predicted octanol–water partition coefficient (Wildman–Crippen LogP) is -3.93. The van der Waals surface area contributed by atoms with E-state index < -0.39 is 142 Å². The van der Waals surface area contributed by atoms with Crippen LogP contribution in [0.1, 0.15) is 32.0 Å². The SMILES string of the molecule is CCC(=O)NC[C@H]1[C@@H](O)[C@H]([n+]2cn(C)c3c(=O)[nH]c(N)nc32)O[C@@H]1COP(=O)(O)OP(=O)(O)OP(=O)(O)OC[C@H]1O[C@@H](n2cnc3c(N)ncnc32)[C@H](OC)[C@@H]1OP(=O)(O)OC[C@H]1O[C@@H](n2cnc3c(=O)[nH]c(N)nc32)[C@H](O)[C@@H]1O. The summed E-state index contributed by atoms with van der Waals surface area (Å²) in [5.41, 5.74) is 15.6. The number of nitrogen functional groups attached to an aromatic ring is 3. The van der Waals surface area contributed by atoms with Crippen molar-refractivity contribution in [2.75, 3.05) is 50.7 Å². The number of phosphoric ester groups is 3. The van der Waals surface area contributed by atoms with E-state index in [0.717, 1.165) is 30.7 Å². The zero-order chi connectivity index (χ0) is 58.0. The topological polar surface area (TPSA) is 571 Å². The quantitative estimate of drug-likeness (QED) is 0.0228. The number of hydrogen-bond acceptors (Lipinski definition) is 29. The summed E-state index contributed by atoms with van der Waals surface area (Å²) in [5.74, 6) is -2.34. The highest BCUT2D eigenvalue weighted by Gasteiger charge is 2.54. The average Bonchev–Trinajstić information content (AvgIpc) is 4.23. The van der Waals surface area contributed by atoms with Crippen LogP contribution in [0.25, 0.3) is 33.5 Å². The molecule has 9 rings (SSSR count). The number of imidazole rings is 3. The molecule has 3 aliphatic heterocycles. The van der Waals surface area contributed by atoms with Crippen LogP contribution in [0.5, 0.6) is 0 Å². The van der Waals surface area contributed by atoms with Gasteiger partial charge in [0.2, 0.25) is 23.6 Å². The minimum Gasteiger partial charge on any atom is -0.387 e. The molecule has 3 saturated heterocycles. The van der Waals surface area contributed by atoms with E-state index in [2.05, 4.69) is 53.8 Å². The van der Waals surface area contributed by atoms with Crippen LogP contribution in [0, 0.1) is 5.92 Å². The first-order valence-electron chi connectivity index (χ1n) is 23.2. The van der Waals surface area contributed by atoms with Gasteiger partial charge < -0.3 is 76.4 Å². The molecule has 16 N–H and O–H groups in total. The normalized spacial score (nSPS) is 29.2. The number of ether oxygens (including phenoxy) is 4. The Morgan fingerprint density at radius 2 is 1.34 bits per heavy atom. The molecule has 3 fully saturated rings. The van der Waals surface area contributed by atoms with Crippen molar-refractivity contribution < 1.29 is 108 Å². The van der Waals surface area contributed by atoms with E-state index in [0.29, 0.717) is 0 Å². The Kier molecular flexibility index (Phi) is 16.7. The van der Waals surface area contributed by atoms with Gasteiger partial charge in [-0.25, -0.2) is 42.8 Å². The van der Waals surface area contributed by atoms with Crippen LogP contribution >= 0.6 is 31.3 Å². The van der Waals surface area contributed by atoms with Gasteiger partial charge in [0.25, 0.3) is 17.1 Å². The predicted molar refractivity (Wildman–Crippen MR) is 260 cm³/mol. The number of amides is 1. The Bertz CT molecular complexity index is 3640. The van der Waals surface area contributed by atoms with E-state index in [1.165, 1.54) is 34.0 Å². The molecule has 40 nitrogen and oxygen atoms in total. The van der Waals surface area contributed by atoms with Crippen molar-refractivity contribution in [3.63, 3.8) is 0 Å². The maximum Gasteiger partial charge on any atom is 0.490 e. The molecule has 6 aromatic rings. The van der Waals surface area contributed by atoms with Gasteiger partial charge in [0.15, 0.2) is 41.4 Å². The van der Waals surface area contributed by atoms with Crippen LogP contribution in [-0.2, 0) is 75.8 Å². The number of rotatable bonds is 22. The van der Waals surface area contributed by atoms with Gasteiger partial charge in [-0.05, 0) is 0 Å². The third-order valence-corrected chi connectivity index (χ3v) is 17.8. The Balaban J connectivity index is 0.876. The number of anilines is 3. The monoisotopic (exact) mass is 1220 g/mol. The molecular weight excluding hydrogens is 1160 g/mol. The number of hydrogen-bond donors (Lipinski definition) is 13. The molecule has 3 aliphatic rings. The number of aliphatic hydroxyl groups excluding tert-OH is 3. The summed E-state index contributed by atoms with van der Waals surface area (Å²) in [6.07, 6.45) is -13.3. The smallest absolute Gasteiger partial charge is 0.387 e. The van der Waals surface area contributed by atoms with E-state index in [-0.39, 0.29) is 64.2 Å². The minimum atomic E-state index is -6.23. The van der Waals surface area contributed by atoms with Gasteiger partial charge >= 0.3 is 36.9 Å². The van der Waals surface area contributed by atoms with Crippen molar-refractivity contribution in [3.8, 4) is 0 Å². The fourth-order valence-corrected chi connectivity index (χ4v) is 13.5. The summed E-state index contributed by atoms with van der Waals surface area (Å²) in [6.45, 7) is -2.08. The number of carbonyl (C=O) groups excluding carboxylic acids is 1. The van der Waals surface area contributed by atoms with Crippen molar-refractivity contribution in [2.24, 2.45) is 13.0 Å². The van der Waals surface area contributed by atoms with Crippen molar-refractivity contribution in [1.29, 1.82) is 0 Å². The zero-order valence-electron chi connectivity index (χ0n) is 41.3. The van der Waals surface area contributed by atoms with Crippen molar-refractivity contribution in [2.45, 2.75) is 80.9 Å². The number of nitrogens with two attached hydrogens (primary N) is 3. The molecule has 0 saturated carbocycles. The summed E-state index contributed by atoms with van der Waals surface area (Å²) in [4.78, 5) is 109. The largest absolute Gasteiger partial charge is 0.490 e. The highest BCUT2D eigenvalue weighted by molar-refractivity contribution is 7.66. The van der Waals surface area contributed by atoms with E-state index in [9.17, 15) is 67.5 Å². The third-order valence-electron chi connectivity index (χ3n) is 12.6. The highest BCUT2D eigenvalue weighted by atomic mass is 31.3. The average molecular weight is 1220 g/mol. The first-order chi connectivity index (χ1) is 37.6. The Morgan fingerprint density at radius 3 is 2.01 bits per heavy atom. The van der Waals surface area contributed by atoms with E-state index in [4.69, 9.17) is 54.2 Å². The molecule has 6 aromatic heterocycles. The van der Waals surface area contributed by atoms with Crippen LogP contribution in [0.2, 0.25) is 0 Å². The van der Waals surface area contributed by atoms with Crippen LogP contribution < -0.4 is 38.2 Å². The van der Waals surface area contributed by atoms with Crippen LogP contribution in [0.15, 0.2) is 34.9 Å². The van der Waals surface area contributed by atoms with E-state index >= 15 is 0 Å². The zero-order valence-corrected chi connectivity index (χ0v) is 44.9. The number of fused-ring (bicyclic) bond motifs is 3. The van der Waals surface area contributed by atoms with Gasteiger partial charge in [0.05, 0.1) is 45.6 Å². The second-order valence-electron chi connectivity index (χ2n) is 17.8. The molecule has 0 aliphatic carbocycles. The van der Waals surface area contributed by atoms with Crippen molar-refractivity contribution in [1.82, 2.24) is 58.9 Å². The number of nitrogens with one attached hydrogen (secondary N) is 3. The summed E-state index contributed by atoms with van der Waals surface area (Å²) in [7, 11) is -21.0. The lowest BCUT2D eigenvalue weighted by Gasteiger charge is -2.26. The van der Waals surface area contributed by atoms with E-state index in [1.54, 1.807) is 0 Å². The molecule has 0 aromatic carbocycles. The number of aliphatic hydroxyl groups is 3. The second kappa shape index (κ2) is 22.6. The fourth-order valence-electron chi connectivity index (χ4n) is 8.99. The van der Waals surface area contributed by atoms with Gasteiger partial charge in [-0.15, -0.1) is 0 Å². The molecule has 44 heteroatoms. The van der Waals surface area contributed by atoms with Gasteiger partial charge in [0.1, 0.15) is 54.6 Å². The molecule has 0 bridgehead atoms.